The molecule has 1 aliphatic rings. The van der Waals surface area contributed by atoms with Gasteiger partial charge in [0.2, 0.25) is 5.76 Å². The number of hydrogen-bond acceptors (Lipinski definition) is 8. The number of nitro groups is 1. The van der Waals surface area contributed by atoms with Crippen LogP contribution in [-0.2, 0) is 6.42 Å². The molecule has 9 nitrogen and oxygen atoms in total. The zero-order chi connectivity index (χ0) is 23.7. The van der Waals surface area contributed by atoms with Gasteiger partial charge in [0.25, 0.3) is 5.69 Å². The molecule has 0 saturated heterocycles. The highest BCUT2D eigenvalue weighted by molar-refractivity contribution is 6.06. The van der Waals surface area contributed by atoms with Gasteiger partial charge in [-0.3, -0.25) is 20.5 Å². The molecule has 170 valence electrons. The normalized spacial score (nSPS) is 14.1. The Morgan fingerprint density at radius 2 is 1.94 bits per heavy atom. The van der Waals surface area contributed by atoms with E-state index < -0.39 is 10.9 Å². The molecule has 9 heteroatoms. The van der Waals surface area contributed by atoms with Crippen LogP contribution in [-0.4, -0.2) is 21.6 Å². The van der Waals surface area contributed by atoms with E-state index >= 15 is 0 Å². The number of para-hydroxylation sites is 1. The van der Waals surface area contributed by atoms with Gasteiger partial charge in [0, 0.05) is 41.3 Å². The summed E-state index contributed by atoms with van der Waals surface area (Å²) in [7, 11) is 0. The van der Waals surface area contributed by atoms with Crippen LogP contribution in [0.15, 0.2) is 70.3 Å². The molecule has 0 radical (unpaired) electrons. The molecule has 0 amide bonds. The Kier molecular flexibility index (Phi) is 5.51. The molecule has 1 aliphatic carbocycles. The molecular weight excluding hydrogens is 436 g/mol. The fourth-order valence-corrected chi connectivity index (χ4v) is 4.07. The number of carbonyl (C=O) groups excluding carboxylic acids is 1. The highest BCUT2D eigenvalue weighted by Crippen LogP contribution is 2.32. The van der Waals surface area contributed by atoms with Gasteiger partial charge in [0.15, 0.2) is 5.75 Å². The molecule has 0 atom stereocenters. The largest absolute Gasteiger partial charge is 0.453 e. The maximum absolute atomic E-state index is 13.0. The van der Waals surface area contributed by atoms with Crippen LogP contribution >= 0.6 is 0 Å². The molecule has 2 heterocycles. The summed E-state index contributed by atoms with van der Waals surface area (Å²) < 4.78 is 11.6. The van der Waals surface area contributed by atoms with E-state index in [1.54, 1.807) is 30.5 Å². The first-order chi connectivity index (χ1) is 16.5. The maximum Gasteiger partial charge on any atom is 0.380 e. The highest BCUT2D eigenvalue weighted by atomic mass is 16.6. The number of aromatic nitrogens is 1. The highest BCUT2D eigenvalue weighted by Gasteiger charge is 2.29. The summed E-state index contributed by atoms with van der Waals surface area (Å²) in [6.07, 6.45) is 3.87. The second-order valence-corrected chi connectivity index (χ2v) is 7.90. The number of esters is 1. The Morgan fingerprint density at radius 1 is 1.15 bits per heavy atom. The predicted molar refractivity (Wildman–Crippen MR) is 126 cm³/mol. The molecule has 5 rings (SSSR count). The van der Waals surface area contributed by atoms with E-state index in [9.17, 15) is 14.9 Å². The first kappa shape index (κ1) is 21.3. The quantitative estimate of drug-likeness (QED) is 0.184. The zero-order valence-corrected chi connectivity index (χ0v) is 18.3. The van der Waals surface area contributed by atoms with Crippen molar-refractivity contribution >= 4 is 34.0 Å². The second kappa shape index (κ2) is 8.78. The number of pyridine rings is 1. The van der Waals surface area contributed by atoms with E-state index in [4.69, 9.17) is 9.15 Å². The van der Waals surface area contributed by atoms with E-state index in [0.717, 1.165) is 23.1 Å². The van der Waals surface area contributed by atoms with Crippen LogP contribution < -0.4 is 10.2 Å². The number of non-ortho nitro benzene ring substituents is 1. The molecule has 4 aromatic rings. The summed E-state index contributed by atoms with van der Waals surface area (Å²) in [4.78, 5) is 27.7. The molecule has 0 spiro atoms. The van der Waals surface area contributed by atoms with Gasteiger partial charge in [0.05, 0.1) is 16.3 Å². The van der Waals surface area contributed by atoms with Crippen molar-refractivity contribution in [2.45, 2.75) is 26.2 Å². The maximum atomic E-state index is 13.0. The number of nitrogens with one attached hydrogen (secondary N) is 1. The monoisotopic (exact) mass is 456 g/mol. The SMILES string of the molecule is Cc1c(C(=O)Oc2cccc3cccnc23)oc2c1/C(=N/Nc1ccc([N+](=O)[O-])cc1)CCC2. The van der Waals surface area contributed by atoms with E-state index in [0.29, 0.717) is 41.1 Å². The lowest BCUT2D eigenvalue weighted by Crippen LogP contribution is -2.13. The summed E-state index contributed by atoms with van der Waals surface area (Å²) in [5.41, 5.74) is 6.39. The van der Waals surface area contributed by atoms with Crippen molar-refractivity contribution < 1.29 is 18.9 Å². The number of nitro benzene ring substituents is 1. The third-order valence-corrected chi connectivity index (χ3v) is 5.71. The van der Waals surface area contributed by atoms with Gasteiger partial charge in [-0.25, -0.2) is 4.79 Å². The van der Waals surface area contributed by atoms with Crippen LogP contribution in [0.2, 0.25) is 0 Å². The van der Waals surface area contributed by atoms with Crippen molar-refractivity contribution in [1.29, 1.82) is 0 Å². The van der Waals surface area contributed by atoms with Gasteiger partial charge in [0.1, 0.15) is 11.3 Å². The van der Waals surface area contributed by atoms with Gasteiger partial charge in [-0.1, -0.05) is 18.2 Å². The molecule has 0 unspecified atom stereocenters. The van der Waals surface area contributed by atoms with E-state index in [2.05, 4.69) is 15.5 Å². The molecule has 0 bridgehead atoms. The molecule has 2 aromatic carbocycles. The Balaban J connectivity index is 1.41. The molecular formula is C25H20N4O5. The van der Waals surface area contributed by atoms with Gasteiger partial charge < -0.3 is 9.15 Å². The Bertz CT molecular complexity index is 1430. The second-order valence-electron chi connectivity index (χ2n) is 7.90. The van der Waals surface area contributed by atoms with E-state index in [1.807, 2.05) is 25.1 Å². The first-order valence-electron chi connectivity index (χ1n) is 10.8. The fraction of sp³-hybridized carbons (Fsp3) is 0.160. The minimum absolute atomic E-state index is 0.00776. The van der Waals surface area contributed by atoms with Gasteiger partial charge in [-0.2, -0.15) is 5.10 Å². The van der Waals surface area contributed by atoms with Crippen LogP contribution in [0.3, 0.4) is 0 Å². The first-order valence-corrected chi connectivity index (χ1v) is 10.8. The molecule has 0 saturated carbocycles. The third-order valence-electron chi connectivity index (χ3n) is 5.71. The lowest BCUT2D eigenvalue weighted by molar-refractivity contribution is -0.384. The number of benzene rings is 2. The smallest absolute Gasteiger partial charge is 0.380 e. The number of ether oxygens (including phenoxy) is 1. The summed E-state index contributed by atoms with van der Waals surface area (Å²) in [5.74, 6) is 0.609. The standard InChI is InChI=1S/C25H20N4O5/c1-15-22-19(28-27-17-10-12-18(13-11-17)29(31)32)7-3-8-20(22)33-24(15)25(30)34-21-9-2-5-16-6-4-14-26-23(16)21/h2,4-6,9-14,27H,3,7-8H2,1H3/b28-19+. The number of hydrogen-bond donors (Lipinski definition) is 1. The minimum Gasteiger partial charge on any atom is -0.453 e. The average molecular weight is 456 g/mol. The van der Waals surface area contributed by atoms with Crippen molar-refractivity contribution in [3.63, 3.8) is 0 Å². The number of furan rings is 1. The van der Waals surface area contributed by atoms with Crippen molar-refractivity contribution in [2.75, 3.05) is 5.43 Å². The number of hydrazone groups is 1. The van der Waals surface area contributed by atoms with Crippen molar-refractivity contribution in [1.82, 2.24) is 4.98 Å². The number of aryl methyl sites for hydroxylation is 1. The summed E-state index contributed by atoms with van der Waals surface area (Å²) in [6, 6.07) is 15.1. The number of anilines is 1. The van der Waals surface area contributed by atoms with Crippen molar-refractivity contribution in [2.24, 2.45) is 5.10 Å². The molecule has 0 fully saturated rings. The molecule has 34 heavy (non-hydrogen) atoms. The number of nitrogens with zero attached hydrogens (tertiary/aromatic N) is 3. The third kappa shape index (κ3) is 3.99. The number of rotatable bonds is 5. The van der Waals surface area contributed by atoms with Gasteiger partial charge in [-0.15, -0.1) is 0 Å². The Morgan fingerprint density at radius 3 is 2.74 bits per heavy atom. The summed E-state index contributed by atoms with van der Waals surface area (Å²) in [6.45, 7) is 1.81. The molecule has 1 N–H and O–H groups in total. The van der Waals surface area contributed by atoms with Gasteiger partial charge in [-0.05, 0) is 44.0 Å². The Hall–Kier alpha value is -4.53. The van der Waals surface area contributed by atoms with E-state index in [1.165, 1.54) is 12.1 Å². The predicted octanol–water partition coefficient (Wildman–Crippen LogP) is 5.42. The zero-order valence-electron chi connectivity index (χ0n) is 18.3. The number of carbonyl (C=O) groups is 1. The molecule has 0 aliphatic heterocycles. The fourth-order valence-electron chi connectivity index (χ4n) is 4.07. The molecule has 2 aromatic heterocycles. The van der Waals surface area contributed by atoms with Crippen LogP contribution in [0.25, 0.3) is 10.9 Å². The summed E-state index contributed by atoms with van der Waals surface area (Å²) in [5, 5.41) is 16.2. The topological polar surface area (TPSA) is 120 Å². The Labute approximate surface area is 194 Å². The van der Waals surface area contributed by atoms with Crippen molar-refractivity contribution in [3.05, 3.63) is 93.6 Å². The number of fused-ring (bicyclic) bond motifs is 2. The average Bonchev–Trinajstić information content (AvgIpc) is 3.20. The lowest BCUT2D eigenvalue weighted by atomic mass is 9.93. The minimum atomic E-state index is -0.590. The summed E-state index contributed by atoms with van der Waals surface area (Å²) >= 11 is 0. The van der Waals surface area contributed by atoms with Crippen LogP contribution in [0, 0.1) is 17.0 Å². The van der Waals surface area contributed by atoms with Crippen LogP contribution in [0.5, 0.6) is 5.75 Å². The van der Waals surface area contributed by atoms with Crippen LogP contribution in [0.4, 0.5) is 11.4 Å². The van der Waals surface area contributed by atoms with Gasteiger partial charge >= 0.3 is 5.97 Å². The van der Waals surface area contributed by atoms with Crippen molar-refractivity contribution in [3.8, 4) is 5.75 Å². The lowest BCUT2D eigenvalue weighted by Gasteiger charge is -2.13. The van der Waals surface area contributed by atoms with E-state index in [-0.39, 0.29) is 11.4 Å². The van der Waals surface area contributed by atoms with Crippen LogP contribution in [0.1, 0.15) is 40.3 Å².